The van der Waals surface area contributed by atoms with Crippen LogP contribution in [0.15, 0.2) is 0 Å². The predicted molar refractivity (Wildman–Crippen MR) is 91.4 cm³/mol. The smallest absolute Gasteiger partial charge is 0.127 e. The Morgan fingerprint density at radius 3 is 2.65 bits per heavy atom. The Kier molecular flexibility index (Phi) is 4.32. The first-order valence-electron chi connectivity index (χ1n) is 8.72. The van der Waals surface area contributed by atoms with E-state index in [0.29, 0.717) is 5.75 Å². The van der Waals surface area contributed by atoms with Gasteiger partial charge in [-0.1, -0.05) is 0 Å². The number of phenols is 1. The third-order valence-electron chi connectivity index (χ3n) is 5.84. The molecule has 2 atom stereocenters. The molecule has 1 aromatic rings. The van der Waals surface area contributed by atoms with Crippen LogP contribution in [-0.2, 0) is 6.42 Å². The van der Waals surface area contributed by atoms with Crippen LogP contribution in [0.3, 0.4) is 0 Å². The molecule has 1 fully saturated rings. The minimum atomic E-state index is -0.231. The van der Waals surface area contributed by atoms with Gasteiger partial charge in [0.15, 0.2) is 0 Å². The van der Waals surface area contributed by atoms with E-state index in [1.807, 2.05) is 20.8 Å². The second-order valence-electron chi connectivity index (χ2n) is 7.53. The van der Waals surface area contributed by atoms with Gasteiger partial charge in [0.05, 0.1) is 6.61 Å². The SMILES string of the molecule is Cc1c(C)c2c(c(C)c1O)CCC(C)(CN1CCCC1CO)O2. The Bertz CT molecular complexity index is 613. The summed E-state index contributed by atoms with van der Waals surface area (Å²) in [6.07, 6.45) is 4.11. The van der Waals surface area contributed by atoms with E-state index in [0.717, 1.165) is 66.8 Å². The minimum absolute atomic E-state index is 0.231. The van der Waals surface area contributed by atoms with E-state index in [-0.39, 0.29) is 18.2 Å². The molecule has 2 heterocycles. The standard InChI is InChI=1S/C19H29NO3/c1-12-13(2)18-16(14(3)17(12)22)7-8-19(4,23-18)11-20-9-5-6-15(20)10-21/h15,21-22H,5-11H2,1-4H3. The third-order valence-corrected chi connectivity index (χ3v) is 5.84. The van der Waals surface area contributed by atoms with Crippen molar-refractivity contribution in [1.29, 1.82) is 0 Å². The van der Waals surface area contributed by atoms with Gasteiger partial charge in [0.2, 0.25) is 0 Å². The zero-order valence-corrected chi connectivity index (χ0v) is 14.8. The number of aromatic hydroxyl groups is 1. The number of phenolic OH excluding ortho intramolecular Hbond substituents is 1. The number of aliphatic hydroxyl groups excluding tert-OH is 1. The summed E-state index contributed by atoms with van der Waals surface area (Å²) in [5.41, 5.74) is 3.85. The fraction of sp³-hybridized carbons (Fsp3) is 0.684. The average Bonchev–Trinajstić information content (AvgIpc) is 2.97. The van der Waals surface area contributed by atoms with Crippen LogP contribution in [0.4, 0.5) is 0 Å². The molecular formula is C19H29NO3. The Labute approximate surface area is 139 Å². The number of hydrogen-bond acceptors (Lipinski definition) is 4. The van der Waals surface area contributed by atoms with E-state index in [1.54, 1.807) is 0 Å². The zero-order valence-electron chi connectivity index (χ0n) is 14.8. The van der Waals surface area contributed by atoms with Gasteiger partial charge in [-0.2, -0.15) is 0 Å². The molecule has 0 aromatic heterocycles. The van der Waals surface area contributed by atoms with Crippen molar-refractivity contribution < 1.29 is 14.9 Å². The molecule has 4 nitrogen and oxygen atoms in total. The molecular weight excluding hydrogens is 290 g/mol. The van der Waals surface area contributed by atoms with Crippen molar-refractivity contribution in [2.45, 2.75) is 65.0 Å². The van der Waals surface area contributed by atoms with Gasteiger partial charge in [0.1, 0.15) is 17.1 Å². The van der Waals surface area contributed by atoms with Gasteiger partial charge >= 0.3 is 0 Å². The molecule has 0 spiro atoms. The number of benzene rings is 1. The molecule has 2 N–H and O–H groups in total. The van der Waals surface area contributed by atoms with Crippen LogP contribution in [0.5, 0.6) is 11.5 Å². The van der Waals surface area contributed by atoms with Crippen LogP contribution in [0.2, 0.25) is 0 Å². The van der Waals surface area contributed by atoms with E-state index in [1.165, 1.54) is 0 Å². The van der Waals surface area contributed by atoms with Gasteiger partial charge < -0.3 is 14.9 Å². The van der Waals surface area contributed by atoms with Crippen molar-refractivity contribution in [3.63, 3.8) is 0 Å². The van der Waals surface area contributed by atoms with Crippen LogP contribution >= 0.6 is 0 Å². The first-order chi connectivity index (χ1) is 10.9. The molecule has 2 aliphatic rings. The summed E-state index contributed by atoms with van der Waals surface area (Å²) in [5.74, 6) is 1.37. The summed E-state index contributed by atoms with van der Waals surface area (Å²) in [6.45, 7) is 10.3. The van der Waals surface area contributed by atoms with E-state index in [2.05, 4.69) is 11.8 Å². The average molecular weight is 319 g/mol. The quantitative estimate of drug-likeness (QED) is 0.899. The highest BCUT2D eigenvalue weighted by Crippen LogP contribution is 2.43. The molecule has 3 rings (SSSR count). The van der Waals surface area contributed by atoms with Gasteiger partial charge in [-0.25, -0.2) is 0 Å². The van der Waals surface area contributed by atoms with Crippen LogP contribution in [-0.4, -0.2) is 46.5 Å². The maximum Gasteiger partial charge on any atom is 0.127 e. The molecule has 0 bridgehead atoms. The molecule has 2 aliphatic heterocycles. The highest BCUT2D eigenvalue weighted by molar-refractivity contribution is 5.58. The monoisotopic (exact) mass is 319 g/mol. The summed E-state index contributed by atoms with van der Waals surface area (Å²) >= 11 is 0. The Balaban J connectivity index is 1.87. The van der Waals surface area contributed by atoms with Gasteiger partial charge in [-0.05, 0) is 76.6 Å². The van der Waals surface area contributed by atoms with Crippen molar-refractivity contribution in [2.24, 2.45) is 0 Å². The normalized spacial score (nSPS) is 27.8. The summed E-state index contributed by atoms with van der Waals surface area (Å²) in [6, 6.07) is 0.279. The molecule has 1 saturated heterocycles. The molecule has 0 saturated carbocycles. The Hall–Kier alpha value is -1.26. The summed E-state index contributed by atoms with van der Waals surface area (Å²) < 4.78 is 6.49. The van der Waals surface area contributed by atoms with E-state index in [9.17, 15) is 10.2 Å². The van der Waals surface area contributed by atoms with Gasteiger partial charge in [-0.15, -0.1) is 0 Å². The van der Waals surface area contributed by atoms with E-state index < -0.39 is 0 Å². The lowest BCUT2D eigenvalue weighted by Crippen LogP contribution is -2.49. The van der Waals surface area contributed by atoms with E-state index >= 15 is 0 Å². The summed E-state index contributed by atoms with van der Waals surface area (Å²) in [7, 11) is 0. The number of likely N-dealkylation sites (tertiary alicyclic amines) is 1. The topological polar surface area (TPSA) is 52.9 Å². The van der Waals surface area contributed by atoms with Crippen LogP contribution in [0, 0.1) is 20.8 Å². The highest BCUT2D eigenvalue weighted by Gasteiger charge is 2.38. The number of rotatable bonds is 3. The molecule has 1 aromatic carbocycles. The maximum absolute atomic E-state index is 10.3. The maximum atomic E-state index is 10.3. The van der Waals surface area contributed by atoms with Gasteiger partial charge in [0, 0.05) is 18.2 Å². The lowest BCUT2D eigenvalue weighted by atomic mass is 9.87. The van der Waals surface area contributed by atoms with Crippen molar-refractivity contribution in [3.05, 3.63) is 22.3 Å². The fourth-order valence-electron chi connectivity index (χ4n) is 4.15. The fourth-order valence-corrected chi connectivity index (χ4v) is 4.15. The molecule has 23 heavy (non-hydrogen) atoms. The first-order valence-corrected chi connectivity index (χ1v) is 8.72. The number of aliphatic hydroxyl groups is 1. The zero-order chi connectivity index (χ0) is 16.8. The van der Waals surface area contributed by atoms with E-state index in [4.69, 9.17) is 4.74 Å². The highest BCUT2D eigenvalue weighted by atomic mass is 16.5. The number of fused-ring (bicyclic) bond motifs is 1. The molecule has 0 amide bonds. The second-order valence-corrected chi connectivity index (χ2v) is 7.53. The van der Waals surface area contributed by atoms with Crippen molar-refractivity contribution in [3.8, 4) is 11.5 Å². The number of hydrogen-bond donors (Lipinski definition) is 2. The molecule has 128 valence electrons. The largest absolute Gasteiger partial charge is 0.507 e. The lowest BCUT2D eigenvalue weighted by molar-refractivity contribution is 0.0131. The van der Waals surface area contributed by atoms with Gasteiger partial charge in [-0.3, -0.25) is 4.90 Å². The lowest BCUT2D eigenvalue weighted by Gasteiger charge is -2.41. The molecule has 2 unspecified atom stereocenters. The van der Waals surface area contributed by atoms with Gasteiger partial charge in [0.25, 0.3) is 0 Å². The second kappa shape index (κ2) is 5.99. The van der Waals surface area contributed by atoms with Crippen LogP contribution in [0.25, 0.3) is 0 Å². The molecule has 4 heteroatoms. The Morgan fingerprint density at radius 1 is 1.22 bits per heavy atom. The van der Waals surface area contributed by atoms with Crippen molar-refractivity contribution in [2.75, 3.05) is 19.7 Å². The first kappa shape index (κ1) is 16.6. The molecule has 0 radical (unpaired) electrons. The number of nitrogens with zero attached hydrogens (tertiary/aromatic N) is 1. The third kappa shape index (κ3) is 2.83. The minimum Gasteiger partial charge on any atom is -0.507 e. The predicted octanol–water partition coefficient (Wildman–Crippen LogP) is 2.86. The summed E-state index contributed by atoms with van der Waals surface area (Å²) in [5, 5.41) is 19.8. The van der Waals surface area contributed by atoms with Crippen LogP contribution < -0.4 is 4.74 Å². The van der Waals surface area contributed by atoms with Crippen LogP contribution in [0.1, 0.15) is 48.4 Å². The summed E-state index contributed by atoms with van der Waals surface area (Å²) in [4.78, 5) is 2.38. The Morgan fingerprint density at radius 2 is 1.96 bits per heavy atom. The van der Waals surface area contributed by atoms with Crippen molar-refractivity contribution in [1.82, 2.24) is 4.90 Å². The molecule has 0 aliphatic carbocycles. The number of ether oxygens (including phenoxy) is 1. The van der Waals surface area contributed by atoms with Crippen molar-refractivity contribution >= 4 is 0 Å².